The highest BCUT2D eigenvalue weighted by Gasteiger charge is 2.63. The lowest BCUT2D eigenvalue weighted by Crippen LogP contribution is -2.57. The maximum absolute atomic E-state index is 14.3. The van der Waals surface area contributed by atoms with E-state index >= 15 is 0 Å². The summed E-state index contributed by atoms with van der Waals surface area (Å²) in [6.07, 6.45) is -4.08. The minimum absolute atomic E-state index is 0.0195. The lowest BCUT2D eigenvalue weighted by atomic mass is 9.70. The molecule has 2 N–H and O–H groups in total. The number of benzene rings is 2. The molecule has 1 amide bonds. The minimum Gasteiger partial charge on any atom is -0.373 e. The monoisotopic (exact) mass is 494 g/mol. The van der Waals surface area contributed by atoms with E-state index in [4.69, 9.17) is 11.6 Å². The SMILES string of the molecule is Cc1noc(=O)c2ccc(NC(=O)C(O)(CC3(c4ccccc4Cl)CCCC3)C(F)(F)F)cc12. The van der Waals surface area contributed by atoms with Gasteiger partial charge in [0.05, 0.1) is 11.1 Å². The molecule has 34 heavy (non-hydrogen) atoms. The zero-order valence-corrected chi connectivity index (χ0v) is 19.0. The van der Waals surface area contributed by atoms with E-state index in [9.17, 15) is 27.9 Å². The fourth-order valence-electron chi connectivity index (χ4n) is 4.83. The number of aryl methyl sites for hydroxylation is 1. The molecule has 1 aliphatic carbocycles. The van der Waals surface area contributed by atoms with Gasteiger partial charge in [0.2, 0.25) is 5.60 Å². The van der Waals surface area contributed by atoms with Crippen LogP contribution in [0.15, 0.2) is 51.8 Å². The summed E-state index contributed by atoms with van der Waals surface area (Å²) in [4.78, 5) is 24.8. The number of nitrogens with zero attached hydrogens (tertiary/aromatic N) is 1. The molecule has 4 rings (SSSR count). The largest absolute Gasteiger partial charge is 0.426 e. The first-order valence-corrected chi connectivity index (χ1v) is 11.1. The number of hydrogen-bond donors (Lipinski definition) is 2. The van der Waals surface area contributed by atoms with Gasteiger partial charge in [0.25, 0.3) is 5.91 Å². The summed E-state index contributed by atoms with van der Waals surface area (Å²) in [6, 6.07) is 10.5. The van der Waals surface area contributed by atoms with Crippen molar-refractivity contribution < 1.29 is 27.6 Å². The number of amides is 1. The minimum atomic E-state index is -5.25. The average molecular weight is 495 g/mol. The molecule has 0 bridgehead atoms. The number of carbonyl (C=O) groups is 1. The van der Waals surface area contributed by atoms with Gasteiger partial charge in [-0.1, -0.05) is 47.8 Å². The van der Waals surface area contributed by atoms with Crippen LogP contribution in [-0.4, -0.2) is 27.9 Å². The fraction of sp³-hybridized carbons (Fsp3) is 0.375. The summed E-state index contributed by atoms with van der Waals surface area (Å²) in [5.74, 6) is -1.61. The molecular formula is C24H22ClF3N2O4. The molecule has 2 aromatic carbocycles. The van der Waals surface area contributed by atoms with Crippen LogP contribution in [-0.2, 0) is 10.2 Å². The van der Waals surface area contributed by atoms with Gasteiger partial charge in [-0.2, -0.15) is 13.2 Å². The highest BCUT2D eigenvalue weighted by molar-refractivity contribution is 6.31. The normalized spacial score (nSPS) is 17.5. The molecule has 1 aromatic heterocycles. The first-order chi connectivity index (χ1) is 16.0. The van der Waals surface area contributed by atoms with E-state index in [0.29, 0.717) is 47.3 Å². The van der Waals surface area contributed by atoms with Gasteiger partial charge in [-0.3, -0.25) is 4.79 Å². The lowest BCUT2D eigenvalue weighted by molar-refractivity contribution is -0.255. The predicted octanol–water partition coefficient (Wildman–Crippen LogP) is 5.28. The second-order valence-corrected chi connectivity index (χ2v) is 9.18. The summed E-state index contributed by atoms with van der Waals surface area (Å²) >= 11 is 6.33. The van der Waals surface area contributed by atoms with Crippen LogP contribution in [0.1, 0.15) is 43.4 Å². The van der Waals surface area contributed by atoms with Crippen LogP contribution in [0.5, 0.6) is 0 Å². The molecular weight excluding hydrogens is 473 g/mol. The van der Waals surface area contributed by atoms with Crippen LogP contribution in [0.4, 0.5) is 18.9 Å². The van der Waals surface area contributed by atoms with Crippen LogP contribution in [0, 0.1) is 6.92 Å². The van der Waals surface area contributed by atoms with Gasteiger partial charge >= 0.3 is 11.8 Å². The van der Waals surface area contributed by atoms with Gasteiger partial charge in [-0.15, -0.1) is 0 Å². The molecule has 10 heteroatoms. The van der Waals surface area contributed by atoms with Gasteiger partial charge in [-0.25, -0.2) is 4.79 Å². The van der Waals surface area contributed by atoms with Crippen molar-refractivity contribution in [3.63, 3.8) is 0 Å². The Labute approximate surface area is 197 Å². The maximum atomic E-state index is 14.3. The lowest BCUT2D eigenvalue weighted by Gasteiger charge is -2.39. The van der Waals surface area contributed by atoms with E-state index in [0.717, 1.165) is 0 Å². The summed E-state index contributed by atoms with van der Waals surface area (Å²) in [7, 11) is 0. The number of nitrogens with one attached hydrogen (secondary N) is 1. The van der Waals surface area contributed by atoms with E-state index < -0.39 is 35.1 Å². The second-order valence-electron chi connectivity index (χ2n) is 8.77. The van der Waals surface area contributed by atoms with Crippen LogP contribution >= 0.6 is 11.6 Å². The summed E-state index contributed by atoms with van der Waals surface area (Å²) in [5.41, 5.74) is -4.71. The molecule has 6 nitrogen and oxygen atoms in total. The quantitative estimate of drug-likeness (QED) is 0.503. The summed E-state index contributed by atoms with van der Waals surface area (Å²) < 4.78 is 47.4. The molecule has 1 saturated carbocycles. The molecule has 1 atom stereocenters. The molecule has 0 aliphatic heterocycles. The Balaban J connectivity index is 1.72. The first kappa shape index (κ1) is 24.2. The van der Waals surface area contributed by atoms with Gasteiger partial charge in [0.15, 0.2) is 0 Å². The Kier molecular flexibility index (Phi) is 6.20. The number of rotatable bonds is 5. The standard InChI is InChI=1S/C24H22ClF3N2O4/c1-14-17-12-15(8-9-16(17)20(31)34-30-14)29-21(32)23(33,24(26,27)28)13-22(10-4-5-11-22)18-6-2-3-7-19(18)25/h2-3,6-9,12,33H,4-5,10-11,13H2,1H3,(H,29,32). The van der Waals surface area contributed by atoms with Crippen LogP contribution in [0.3, 0.4) is 0 Å². The van der Waals surface area contributed by atoms with Gasteiger partial charge < -0.3 is 14.9 Å². The van der Waals surface area contributed by atoms with Gasteiger partial charge in [-0.05, 0) is 49.6 Å². The van der Waals surface area contributed by atoms with Crippen molar-refractivity contribution in [3.05, 3.63) is 69.2 Å². The molecule has 0 radical (unpaired) electrons. The summed E-state index contributed by atoms with van der Waals surface area (Å²) in [6.45, 7) is 1.55. The Bertz CT molecular complexity index is 1300. The first-order valence-electron chi connectivity index (χ1n) is 10.7. The number of hydrogen-bond acceptors (Lipinski definition) is 5. The van der Waals surface area contributed by atoms with E-state index in [1.807, 2.05) is 0 Å². The molecule has 180 valence electrons. The average Bonchev–Trinajstić information content (AvgIpc) is 3.25. The fourth-order valence-corrected chi connectivity index (χ4v) is 5.16. The van der Waals surface area contributed by atoms with Crippen LogP contribution in [0.2, 0.25) is 5.02 Å². The number of aromatic nitrogens is 1. The van der Waals surface area contributed by atoms with Crippen molar-refractivity contribution in [2.75, 3.05) is 5.32 Å². The Morgan fingerprint density at radius 3 is 2.50 bits per heavy atom. The third-order valence-corrected chi connectivity index (χ3v) is 6.93. The summed E-state index contributed by atoms with van der Waals surface area (Å²) in [5, 5.41) is 17.5. The molecule has 0 spiro atoms. The zero-order valence-electron chi connectivity index (χ0n) is 18.2. The molecule has 1 heterocycles. The number of anilines is 1. The molecule has 3 aromatic rings. The third-order valence-electron chi connectivity index (χ3n) is 6.60. The van der Waals surface area contributed by atoms with Crippen LogP contribution in [0.25, 0.3) is 10.8 Å². The van der Waals surface area contributed by atoms with Gasteiger partial charge in [0, 0.05) is 27.9 Å². The van der Waals surface area contributed by atoms with Crippen molar-refractivity contribution in [1.82, 2.24) is 5.16 Å². The zero-order chi connectivity index (χ0) is 24.7. The number of fused-ring (bicyclic) bond motifs is 1. The topological polar surface area (TPSA) is 92.4 Å². The second kappa shape index (κ2) is 8.70. The molecule has 1 fully saturated rings. The molecule has 0 saturated heterocycles. The number of carbonyl (C=O) groups excluding carboxylic acids is 1. The van der Waals surface area contributed by atoms with E-state index in [1.54, 1.807) is 31.2 Å². The maximum Gasteiger partial charge on any atom is 0.426 e. The Hall–Kier alpha value is -2.91. The van der Waals surface area contributed by atoms with E-state index in [-0.39, 0.29) is 11.1 Å². The molecule has 1 aliphatic rings. The van der Waals surface area contributed by atoms with Crippen molar-refractivity contribution in [2.45, 2.75) is 56.2 Å². The van der Waals surface area contributed by atoms with E-state index in [1.165, 1.54) is 18.2 Å². The molecule has 1 unspecified atom stereocenters. The van der Waals surface area contributed by atoms with Crippen molar-refractivity contribution in [3.8, 4) is 0 Å². The Morgan fingerprint density at radius 2 is 1.85 bits per heavy atom. The number of aliphatic hydroxyl groups is 1. The van der Waals surface area contributed by atoms with Crippen molar-refractivity contribution >= 4 is 34.0 Å². The van der Waals surface area contributed by atoms with E-state index in [2.05, 4.69) is 15.0 Å². The third kappa shape index (κ3) is 4.18. The van der Waals surface area contributed by atoms with Gasteiger partial charge in [0.1, 0.15) is 0 Å². The smallest absolute Gasteiger partial charge is 0.373 e. The number of halogens is 4. The number of alkyl halides is 3. The van der Waals surface area contributed by atoms with Crippen LogP contribution < -0.4 is 10.9 Å². The predicted molar refractivity (Wildman–Crippen MR) is 121 cm³/mol. The highest BCUT2D eigenvalue weighted by Crippen LogP contribution is 2.51. The van der Waals surface area contributed by atoms with Crippen molar-refractivity contribution in [2.24, 2.45) is 0 Å². The highest BCUT2D eigenvalue weighted by atomic mass is 35.5. The Morgan fingerprint density at radius 1 is 1.18 bits per heavy atom. The van der Waals surface area contributed by atoms with Crippen molar-refractivity contribution in [1.29, 1.82) is 0 Å².